The van der Waals surface area contributed by atoms with Gasteiger partial charge in [-0.3, -0.25) is 0 Å². The lowest BCUT2D eigenvalue weighted by atomic mass is 9.97. The minimum absolute atomic E-state index is 0.0748. The number of anilines is 2. The number of benzene rings is 1. The lowest BCUT2D eigenvalue weighted by Gasteiger charge is -2.45. The van der Waals surface area contributed by atoms with Crippen molar-refractivity contribution in [2.75, 3.05) is 23.4 Å². The first kappa shape index (κ1) is 22.1. The summed E-state index contributed by atoms with van der Waals surface area (Å²) in [5, 5.41) is 10.1. The van der Waals surface area contributed by atoms with Crippen molar-refractivity contribution in [1.29, 1.82) is 0 Å². The Hall–Kier alpha value is -3.41. The Kier molecular flexibility index (Phi) is 5.28. The van der Waals surface area contributed by atoms with Crippen molar-refractivity contribution >= 4 is 28.6 Å². The molecule has 3 aliphatic heterocycles. The van der Waals surface area contributed by atoms with Crippen LogP contribution >= 0.6 is 0 Å². The Morgan fingerprint density at radius 3 is 2.54 bits per heavy atom. The third-order valence-electron chi connectivity index (χ3n) is 6.58. The molecule has 0 spiro atoms. The monoisotopic (exact) mass is 487 g/mol. The molecule has 2 aromatic heterocycles. The first-order chi connectivity index (χ1) is 16.8. The Morgan fingerprint density at radius 2 is 1.91 bits per heavy atom. The van der Waals surface area contributed by atoms with E-state index < -0.39 is 12.7 Å². The molecule has 12 heteroatoms. The molecule has 3 saturated heterocycles. The number of carbonyl (C=O) groups excluding carboxylic acids is 1. The van der Waals surface area contributed by atoms with Gasteiger partial charge < -0.3 is 20.3 Å². The van der Waals surface area contributed by atoms with Crippen molar-refractivity contribution in [3.8, 4) is 11.4 Å². The van der Waals surface area contributed by atoms with Crippen molar-refractivity contribution in [3.63, 3.8) is 0 Å². The fourth-order valence-electron chi connectivity index (χ4n) is 4.67. The number of halogens is 3. The van der Waals surface area contributed by atoms with Gasteiger partial charge in [0.15, 0.2) is 11.5 Å². The van der Waals surface area contributed by atoms with Crippen LogP contribution in [-0.2, 0) is 11.3 Å². The van der Waals surface area contributed by atoms with E-state index in [4.69, 9.17) is 9.72 Å². The number of urea groups is 1. The normalized spacial score (nSPS) is 22.0. The smallest absolute Gasteiger partial charge is 0.374 e. The molecule has 9 nitrogen and oxygen atoms in total. The molecule has 4 fully saturated rings. The lowest BCUT2D eigenvalue weighted by molar-refractivity contribution is -0.141. The van der Waals surface area contributed by atoms with E-state index in [1.165, 1.54) is 6.20 Å². The van der Waals surface area contributed by atoms with E-state index in [0.29, 0.717) is 41.4 Å². The van der Waals surface area contributed by atoms with Gasteiger partial charge in [-0.1, -0.05) is 0 Å². The fraction of sp³-hybridized carbons (Fsp3) is 0.478. The summed E-state index contributed by atoms with van der Waals surface area (Å²) in [5.41, 5.74) is 1.36. The standard InChI is InChI=1S/C23H24F3N7O2/c24-23(25,26)12-33-21-18(9-27-33)20(32-10-17-8-7-16(32)11-35-17)30-19(31-21)13-1-3-14(4-2-13)28-22(34)29-15-5-6-15/h1-4,9,15-17H,5-8,10-12H2,(H2,28,29,34). The van der Waals surface area contributed by atoms with Gasteiger partial charge in [0.25, 0.3) is 0 Å². The molecule has 4 aliphatic rings. The molecule has 1 saturated carbocycles. The van der Waals surface area contributed by atoms with Crippen LogP contribution in [0.15, 0.2) is 30.5 Å². The number of aromatic nitrogens is 4. The molecule has 0 radical (unpaired) electrons. The van der Waals surface area contributed by atoms with Crippen molar-refractivity contribution in [1.82, 2.24) is 25.1 Å². The predicted molar refractivity (Wildman–Crippen MR) is 122 cm³/mol. The number of carbonyl (C=O) groups is 1. The van der Waals surface area contributed by atoms with Crippen LogP contribution in [0.4, 0.5) is 29.5 Å². The van der Waals surface area contributed by atoms with E-state index in [1.807, 2.05) is 0 Å². The summed E-state index contributed by atoms with van der Waals surface area (Å²) in [6.45, 7) is -0.0500. The van der Waals surface area contributed by atoms with Gasteiger partial charge in [0, 0.05) is 23.8 Å². The van der Waals surface area contributed by atoms with Crippen LogP contribution in [0, 0.1) is 0 Å². The molecule has 2 amide bonds. The van der Waals surface area contributed by atoms with Gasteiger partial charge >= 0.3 is 12.2 Å². The van der Waals surface area contributed by atoms with Gasteiger partial charge in [0.2, 0.25) is 0 Å². The molecule has 35 heavy (non-hydrogen) atoms. The first-order valence-electron chi connectivity index (χ1n) is 11.7. The molecule has 3 aromatic rings. The van der Waals surface area contributed by atoms with E-state index in [9.17, 15) is 18.0 Å². The highest BCUT2D eigenvalue weighted by Crippen LogP contribution is 2.35. The van der Waals surface area contributed by atoms with Crippen LogP contribution < -0.4 is 15.5 Å². The van der Waals surface area contributed by atoms with Gasteiger partial charge in [0.05, 0.1) is 30.3 Å². The first-order valence-corrected chi connectivity index (χ1v) is 11.7. The van der Waals surface area contributed by atoms with E-state index in [1.54, 1.807) is 24.3 Å². The van der Waals surface area contributed by atoms with Crippen LogP contribution in [-0.4, -0.2) is 63.3 Å². The van der Waals surface area contributed by atoms with Crippen LogP contribution in [0.2, 0.25) is 0 Å². The number of fused-ring (bicyclic) bond motifs is 4. The Bertz CT molecular complexity index is 1250. The molecule has 7 rings (SSSR count). The van der Waals surface area contributed by atoms with E-state index in [0.717, 1.165) is 30.4 Å². The molecular formula is C23H24F3N7O2. The third kappa shape index (κ3) is 4.62. The zero-order valence-corrected chi connectivity index (χ0v) is 18.8. The molecule has 2 bridgehead atoms. The number of ether oxygens (including phenoxy) is 1. The summed E-state index contributed by atoms with van der Waals surface area (Å²) in [4.78, 5) is 23.4. The average Bonchev–Trinajstić information content (AvgIpc) is 3.57. The van der Waals surface area contributed by atoms with Gasteiger partial charge in [-0.05, 0) is 49.9 Å². The maximum absolute atomic E-state index is 13.2. The molecule has 2 unspecified atom stereocenters. The number of hydrogen-bond donors (Lipinski definition) is 2. The second kappa shape index (κ2) is 8.36. The third-order valence-corrected chi connectivity index (χ3v) is 6.58. The summed E-state index contributed by atoms with van der Waals surface area (Å²) < 4.78 is 46.3. The zero-order valence-electron chi connectivity index (χ0n) is 18.8. The van der Waals surface area contributed by atoms with Gasteiger partial charge in [0.1, 0.15) is 12.4 Å². The van der Waals surface area contributed by atoms with Crippen LogP contribution in [0.1, 0.15) is 25.7 Å². The van der Waals surface area contributed by atoms with Crippen molar-refractivity contribution in [3.05, 3.63) is 30.5 Å². The SMILES string of the molecule is O=C(Nc1ccc(-c2nc(N3CC4CCC3CO4)c3cnn(CC(F)(F)F)c3n2)cc1)NC1CC1. The molecule has 184 valence electrons. The highest BCUT2D eigenvalue weighted by molar-refractivity contribution is 5.91. The van der Waals surface area contributed by atoms with E-state index in [-0.39, 0.29) is 29.9 Å². The number of amides is 2. The number of nitrogens with zero attached hydrogens (tertiary/aromatic N) is 5. The molecule has 2 atom stereocenters. The van der Waals surface area contributed by atoms with Crippen LogP contribution in [0.25, 0.3) is 22.4 Å². The van der Waals surface area contributed by atoms with Crippen molar-refractivity contribution < 1.29 is 22.7 Å². The zero-order chi connectivity index (χ0) is 24.2. The quantitative estimate of drug-likeness (QED) is 0.570. The summed E-state index contributed by atoms with van der Waals surface area (Å²) in [5.74, 6) is 0.871. The maximum Gasteiger partial charge on any atom is 0.408 e. The number of piperidine rings is 1. The Balaban J connectivity index is 1.36. The summed E-state index contributed by atoms with van der Waals surface area (Å²) in [6, 6.07) is 7.01. The maximum atomic E-state index is 13.2. The van der Waals surface area contributed by atoms with E-state index >= 15 is 0 Å². The number of rotatable bonds is 5. The minimum atomic E-state index is -4.43. The van der Waals surface area contributed by atoms with Gasteiger partial charge in [-0.15, -0.1) is 0 Å². The largest absolute Gasteiger partial charge is 0.408 e. The average molecular weight is 487 g/mol. The number of morpholine rings is 1. The number of nitrogens with one attached hydrogen (secondary N) is 2. The van der Waals surface area contributed by atoms with Crippen LogP contribution in [0.3, 0.4) is 0 Å². The molecule has 2 N–H and O–H groups in total. The highest BCUT2D eigenvalue weighted by Gasteiger charge is 2.37. The van der Waals surface area contributed by atoms with Gasteiger partial charge in [-0.2, -0.15) is 18.3 Å². The van der Waals surface area contributed by atoms with Crippen LogP contribution in [0.5, 0.6) is 0 Å². The molecule has 1 aromatic carbocycles. The molecular weight excluding hydrogens is 463 g/mol. The summed E-state index contributed by atoms with van der Waals surface area (Å²) in [7, 11) is 0. The Labute approximate surface area is 198 Å². The fourth-order valence-corrected chi connectivity index (χ4v) is 4.67. The number of alkyl halides is 3. The van der Waals surface area contributed by atoms with Crippen molar-refractivity contribution in [2.45, 2.75) is 56.6 Å². The number of hydrogen-bond acceptors (Lipinski definition) is 6. The summed E-state index contributed by atoms with van der Waals surface area (Å²) >= 11 is 0. The van der Waals surface area contributed by atoms with Crippen molar-refractivity contribution in [2.24, 2.45) is 0 Å². The highest BCUT2D eigenvalue weighted by atomic mass is 19.4. The molecule has 5 heterocycles. The van der Waals surface area contributed by atoms with Gasteiger partial charge in [-0.25, -0.2) is 19.4 Å². The lowest BCUT2D eigenvalue weighted by Crippen LogP contribution is -2.55. The topological polar surface area (TPSA) is 97.2 Å². The second-order valence-electron chi connectivity index (χ2n) is 9.31. The minimum Gasteiger partial charge on any atom is -0.374 e. The summed E-state index contributed by atoms with van der Waals surface area (Å²) in [6.07, 6.45) is 0.926. The predicted octanol–water partition coefficient (Wildman–Crippen LogP) is 3.71. The Morgan fingerprint density at radius 1 is 1.11 bits per heavy atom. The second-order valence-corrected chi connectivity index (χ2v) is 9.31. The van der Waals surface area contributed by atoms with E-state index in [2.05, 4.69) is 25.6 Å². The molecule has 1 aliphatic carbocycles.